The van der Waals surface area contributed by atoms with Gasteiger partial charge in [-0.15, -0.1) is 0 Å². The quantitative estimate of drug-likeness (QED) is 0.594. The molecule has 1 rings (SSSR count). The van der Waals surface area contributed by atoms with Gasteiger partial charge in [-0.2, -0.15) is 0 Å². The van der Waals surface area contributed by atoms with Crippen LogP contribution in [0.15, 0.2) is 0 Å². The molecule has 1 amide bonds. The monoisotopic (exact) mass is 222 g/mol. The first-order chi connectivity index (χ1) is 6.47. The van der Waals surface area contributed by atoms with Gasteiger partial charge in [0.05, 0.1) is 11.9 Å². The van der Waals surface area contributed by atoms with Crippen LogP contribution in [-0.2, 0) is 19.6 Å². The van der Waals surface area contributed by atoms with Crippen molar-refractivity contribution >= 4 is 15.9 Å². The Balaban J connectivity index is 2.47. The first-order valence-electron chi connectivity index (χ1n) is 4.27. The van der Waals surface area contributed by atoms with Crippen LogP contribution in [0.1, 0.15) is 12.8 Å². The molecule has 3 N–H and O–H groups in total. The van der Waals surface area contributed by atoms with Crippen LogP contribution in [0.5, 0.6) is 0 Å². The average Bonchev–Trinajstić information content (AvgIpc) is 2.85. The lowest BCUT2D eigenvalue weighted by Crippen LogP contribution is -2.46. The highest BCUT2D eigenvalue weighted by molar-refractivity contribution is 7.90. The van der Waals surface area contributed by atoms with Crippen LogP contribution in [-0.4, -0.2) is 39.3 Å². The van der Waals surface area contributed by atoms with Crippen LogP contribution in [0.4, 0.5) is 0 Å². The van der Waals surface area contributed by atoms with Crippen LogP contribution < -0.4 is 10.5 Å². The predicted octanol–water partition coefficient (Wildman–Crippen LogP) is -1.43. The largest absolute Gasteiger partial charge is 0.383 e. The minimum Gasteiger partial charge on any atom is -0.383 e. The molecular formula is C7H14N2O4S. The smallest absolute Gasteiger partial charge is 0.252 e. The van der Waals surface area contributed by atoms with Gasteiger partial charge in [0.15, 0.2) is 0 Å². The molecule has 1 fully saturated rings. The van der Waals surface area contributed by atoms with Crippen molar-refractivity contribution in [3.05, 3.63) is 0 Å². The molecule has 0 spiro atoms. The maximum Gasteiger partial charge on any atom is 0.252 e. The molecule has 0 radical (unpaired) electrons. The minimum atomic E-state index is -3.48. The van der Waals surface area contributed by atoms with Crippen molar-refractivity contribution in [2.75, 3.05) is 13.7 Å². The maximum absolute atomic E-state index is 11.3. The molecule has 1 unspecified atom stereocenters. The summed E-state index contributed by atoms with van der Waals surface area (Å²) in [5, 5.41) is -0.416. The van der Waals surface area contributed by atoms with E-state index in [0.29, 0.717) is 12.8 Å². The Morgan fingerprint density at radius 2 is 2.21 bits per heavy atom. The third kappa shape index (κ3) is 2.93. The molecule has 0 aromatic rings. The van der Waals surface area contributed by atoms with Crippen molar-refractivity contribution in [1.82, 2.24) is 4.72 Å². The Bertz CT molecular complexity index is 310. The number of rotatable bonds is 5. The van der Waals surface area contributed by atoms with Crippen molar-refractivity contribution in [2.45, 2.75) is 24.1 Å². The van der Waals surface area contributed by atoms with Gasteiger partial charge in [-0.3, -0.25) is 9.52 Å². The average molecular weight is 222 g/mol. The topological polar surface area (TPSA) is 98.5 Å². The highest BCUT2D eigenvalue weighted by Crippen LogP contribution is 2.27. The van der Waals surface area contributed by atoms with Crippen LogP contribution in [0.25, 0.3) is 0 Å². The first kappa shape index (κ1) is 11.4. The number of methoxy groups -OCH3 is 1. The lowest BCUT2D eigenvalue weighted by atomic mass is 10.3. The second kappa shape index (κ2) is 4.24. The van der Waals surface area contributed by atoms with Gasteiger partial charge in [0.1, 0.15) is 6.04 Å². The predicted molar refractivity (Wildman–Crippen MR) is 49.9 cm³/mol. The Hall–Kier alpha value is -0.660. The summed E-state index contributed by atoms with van der Waals surface area (Å²) in [6, 6.07) is -0.937. The molecule has 0 aliphatic heterocycles. The molecule has 1 aliphatic carbocycles. The van der Waals surface area contributed by atoms with E-state index in [0.717, 1.165) is 0 Å². The van der Waals surface area contributed by atoms with Crippen LogP contribution in [0.3, 0.4) is 0 Å². The highest BCUT2D eigenvalue weighted by atomic mass is 32.2. The van der Waals surface area contributed by atoms with Gasteiger partial charge in [0.25, 0.3) is 5.91 Å². The number of nitrogens with two attached hydrogens (primary N) is 1. The zero-order valence-corrected chi connectivity index (χ0v) is 8.71. The number of sulfonamides is 1. The first-order valence-corrected chi connectivity index (χ1v) is 5.82. The van der Waals surface area contributed by atoms with Gasteiger partial charge < -0.3 is 10.5 Å². The van der Waals surface area contributed by atoms with Gasteiger partial charge in [-0.05, 0) is 12.8 Å². The molecule has 1 saturated carbocycles. The number of hydrogen-bond acceptors (Lipinski definition) is 5. The van der Waals surface area contributed by atoms with Gasteiger partial charge in [0.2, 0.25) is 10.0 Å². The minimum absolute atomic E-state index is 0.00597. The molecule has 1 atom stereocenters. The molecule has 14 heavy (non-hydrogen) atoms. The standard InChI is InChI=1S/C7H14N2O4S/c1-13-4-6(8)7(10)9-14(11,12)5-2-3-5/h5-6H,2-4,8H2,1H3,(H,9,10). The van der Waals surface area contributed by atoms with Crippen molar-refractivity contribution in [2.24, 2.45) is 5.73 Å². The summed E-state index contributed by atoms with van der Waals surface area (Å²) in [6.07, 6.45) is 1.23. The third-order valence-electron chi connectivity index (χ3n) is 1.89. The third-order valence-corrected chi connectivity index (χ3v) is 3.72. The summed E-state index contributed by atoms with van der Waals surface area (Å²) in [6.45, 7) is 0.00597. The number of hydrogen-bond donors (Lipinski definition) is 2. The molecule has 6 nitrogen and oxygen atoms in total. The van der Waals surface area contributed by atoms with E-state index in [9.17, 15) is 13.2 Å². The van der Waals surface area contributed by atoms with Crippen molar-refractivity contribution in [3.8, 4) is 0 Å². The van der Waals surface area contributed by atoms with E-state index >= 15 is 0 Å². The van der Waals surface area contributed by atoms with E-state index in [2.05, 4.69) is 4.74 Å². The van der Waals surface area contributed by atoms with Crippen molar-refractivity contribution in [1.29, 1.82) is 0 Å². The number of ether oxygens (including phenoxy) is 1. The van der Waals surface area contributed by atoms with Crippen LogP contribution in [0.2, 0.25) is 0 Å². The fourth-order valence-corrected chi connectivity index (χ4v) is 2.29. The van der Waals surface area contributed by atoms with Gasteiger partial charge in [0, 0.05) is 7.11 Å². The Morgan fingerprint density at radius 1 is 1.64 bits per heavy atom. The van der Waals surface area contributed by atoms with Gasteiger partial charge in [-0.1, -0.05) is 0 Å². The summed E-state index contributed by atoms with van der Waals surface area (Å²) in [5.41, 5.74) is 5.35. The molecule has 82 valence electrons. The lowest BCUT2D eigenvalue weighted by molar-refractivity contribution is -0.121. The van der Waals surface area contributed by atoms with E-state index in [4.69, 9.17) is 5.73 Å². The zero-order valence-electron chi connectivity index (χ0n) is 7.89. The summed E-state index contributed by atoms with van der Waals surface area (Å²) in [4.78, 5) is 11.2. The van der Waals surface area contributed by atoms with Crippen LogP contribution >= 0.6 is 0 Å². The number of amides is 1. The molecule has 0 saturated heterocycles. The Kier molecular flexibility index (Phi) is 3.46. The number of carbonyl (C=O) groups is 1. The molecule has 7 heteroatoms. The van der Waals surface area contributed by atoms with E-state index in [1.807, 2.05) is 4.72 Å². The van der Waals surface area contributed by atoms with E-state index in [1.54, 1.807) is 0 Å². The molecule has 1 aliphatic rings. The zero-order chi connectivity index (χ0) is 10.8. The highest BCUT2D eigenvalue weighted by Gasteiger charge is 2.37. The molecule has 0 bridgehead atoms. The lowest BCUT2D eigenvalue weighted by Gasteiger charge is -2.10. The molecule has 0 heterocycles. The Morgan fingerprint density at radius 3 is 2.64 bits per heavy atom. The maximum atomic E-state index is 11.3. The van der Waals surface area contributed by atoms with Crippen LogP contribution in [0, 0.1) is 0 Å². The summed E-state index contributed by atoms with van der Waals surface area (Å²) in [7, 11) is -2.09. The summed E-state index contributed by atoms with van der Waals surface area (Å²) in [5.74, 6) is -0.709. The van der Waals surface area contributed by atoms with E-state index in [-0.39, 0.29) is 6.61 Å². The van der Waals surface area contributed by atoms with Crippen molar-refractivity contribution < 1.29 is 17.9 Å². The fraction of sp³-hybridized carbons (Fsp3) is 0.857. The molecule has 0 aromatic heterocycles. The molecular weight excluding hydrogens is 208 g/mol. The fourth-order valence-electron chi connectivity index (χ4n) is 0.933. The summed E-state index contributed by atoms with van der Waals surface area (Å²) >= 11 is 0. The second-order valence-electron chi connectivity index (χ2n) is 3.27. The molecule has 0 aromatic carbocycles. The van der Waals surface area contributed by atoms with E-state index in [1.165, 1.54) is 7.11 Å². The Labute approximate surface area is 82.8 Å². The SMILES string of the molecule is COCC(N)C(=O)NS(=O)(=O)C1CC1. The van der Waals surface area contributed by atoms with Gasteiger partial charge in [-0.25, -0.2) is 8.42 Å². The van der Waals surface area contributed by atoms with Gasteiger partial charge >= 0.3 is 0 Å². The second-order valence-corrected chi connectivity index (χ2v) is 5.23. The summed E-state index contributed by atoms with van der Waals surface area (Å²) < 4.78 is 29.1. The number of nitrogens with one attached hydrogen (secondary N) is 1. The number of carbonyl (C=O) groups excluding carboxylic acids is 1. The van der Waals surface area contributed by atoms with E-state index < -0.39 is 27.2 Å². The van der Waals surface area contributed by atoms with Crippen molar-refractivity contribution in [3.63, 3.8) is 0 Å². The normalized spacial score (nSPS) is 19.0.